The summed E-state index contributed by atoms with van der Waals surface area (Å²) in [5.41, 5.74) is 5.57. The zero-order valence-electron chi connectivity index (χ0n) is 23.0. The Bertz CT molecular complexity index is 1660. The number of unbranched alkanes of at least 4 members (excludes halogenated alkanes) is 1. The first kappa shape index (κ1) is 29.6. The molecule has 0 radical (unpaired) electrons. The van der Waals surface area contributed by atoms with Crippen molar-refractivity contribution in [3.8, 4) is 22.9 Å². The molecule has 0 aliphatic rings. The summed E-state index contributed by atoms with van der Waals surface area (Å²) in [5.74, 6) is -0.263. The molecule has 0 aliphatic carbocycles. The maximum Gasteiger partial charge on any atom is 0.573 e. The minimum absolute atomic E-state index is 0.263. The molecule has 0 saturated heterocycles. The van der Waals surface area contributed by atoms with E-state index in [1.54, 1.807) is 12.4 Å². The first-order valence-corrected chi connectivity index (χ1v) is 13.6. The van der Waals surface area contributed by atoms with E-state index in [9.17, 15) is 18.4 Å². The van der Waals surface area contributed by atoms with Crippen molar-refractivity contribution >= 4 is 16.6 Å². The Morgan fingerprint density at radius 2 is 1.84 bits per heavy atom. The summed E-state index contributed by atoms with van der Waals surface area (Å²) >= 11 is 0. The van der Waals surface area contributed by atoms with Crippen molar-refractivity contribution in [3.63, 3.8) is 0 Å². The van der Waals surface area contributed by atoms with Gasteiger partial charge in [0.15, 0.2) is 6.39 Å². The van der Waals surface area contributed by atoms with Crippen LogP contribution in [0.3, 0.4) is 0 Å². The Labute approximate surface area is 244 Å². The standard InChI is InChI=1S/C29H29F3N8O3/c30-29(31,32)43-23-9-19(8-22-17-42-18-36-22)7-20(10-23)14-34-3-1-2-5-41-6-4-35-26-11-21(12-27-25(26)16-38-39-27)24-15-37-40-28(24)13-33/h7,9-12,15-18,34-35H,1-6,8,14H2,(H,37,40)(H,38,39). The van der Waals surface area contributed by atoms with E-state index < -0.39 is 6.36 Å². The van der Waals surface area contributed by atoms with E-state index in [0.29, 0.717) is 67.3 Å². The Balaban J connectivity index is 1.03. The quantitative estimate of drug-likeness (QED) is 0.118. The lowest BCUT2D eigenvalue weighted by Gasteiger charge is -2.13. The van der Waals surface area contributed by atoms with Crippen molar-refractivity contribution in [2.24, 2.45) is 0 Å². The fourth-order valence-corrected chi connectivity index (χ4v) is 4.65. The zero-order chi connectivity index (χ0) is 30.1. The Kier molecular flexibility index (Phi) is 9.55. The van der Waals surface area contributed by atoms with Gasteiger partial charge < -0.3 is 24.5 Å². The Morgan fingerprint density at radius 3 is 2.65 bits per heavy atom. The van der Waals surface area contributed by atoms with Crippen molar-refractivity contribution in [1.29, 1.82) is 5.26 Å². The summed E-state index contributed by atoms with van der Waals surface area (Å²) in [5, 5.41) is 30.7. The predicted octanol–water partition coefficient (Wildman–Crippen LogP) is 5.30. The number of H-pyrrole nitrogens is 2. The lowest BCUT2D eigenvalue weighted by Crippen LogP contribution is -2.18. The Morgan fingerprint density at radius 1 is 0.977 bits per heavy atom. The molecule has 5 rings (SSSR count). The predicted molar refractivity (Wildman–Crippen MR) is 151 cm³/mol. The van der Waals surface area contributed by atoms with Crippen LogP contribution in [0.25, 0.3) is 22.0 Å². The number of nitrogens with zero attached hydrogens (tertiary/aromatic N) is 4. The molecule has 224 valence electrons. The smallest absolute Gasteiger partial charge is 0.451 e. The van der Waals surface area contributed by atoms with Gasteiger partial charge in [0, 0.05) is 42.8 Å². The van der Waals surface area contributed by atoms with Gasteiger partial charge in [0.2, 0.25) is 0 Å². The number of oxazole rings is 1. The highest BCUT2D eigenvalue weighted by molar-refractivity contribution is 5.95. The average molecular weight is 595 g/mol. The largest absolute Gasteiger partial charge is 0.573 e. The van der Waals surface area contributed by atoms with Crippen molar-refractivity contribution in [3.05, 3.63) is 77.9 Å². The van der Waals surface area contributed by atoms with Crippen LogP contribution in [0.5, 0.6) is 5.75 Å². The molecule has 0 aliphatic heterocycles. The summed E-state index contributed by atoms with van der Waals surface area (Å²) in [6.07, 6.45) is 3.31. The van der Waals surface area contributed by atoms with Crippen molar-refractivity contribution in [2.45, 2.75) is 32.2 Å². The highest BCUT2D eigenvalue weighted by Gasteiger charge is 2.31. The van der Waals surface area contributed by atoms with Gasteiger partial charge in [-0.15, -0.1) is 13.2 Å². The van der Waals surface area contributed by atoms with E-state index in [1.807, 2.05) is 18.2 Å². The van der Waals surface area contributed by atoms with Crippen LogP contribution in [0.15, 0.2) is 59.8 Å². The summed E-state index contributed by atoms with van der Waals surface area (Å²) in [4.78, 5) is 4.03. The van der Waals surface area contributed by atoms with E-state index >= 15 is 0 Å². The number of rotatable bonds is 15. The molecule has 2 aromatic carbocycles. The Hall–Kier alpha value is -4.87. The van der Waals surface area contributed by atoms with Crippen molar-refractivity contribution in [1.82, 2.24) is 30.7 Å². The van der Waals surface area contributed by atoms with Gasteiger partial charge in [0.1, 0.15) is 23.8 Å². The van der Waals surface area contributed by atoms with Gasteiger partial charge >= 0.3 is 6.36 Å². The molecule has 14 heteroatoms. The third-order valence-electron chi connectivity index (χ3n) is 6.53. The monoisotopic (exact) mass is 594 g/mol. The van der Waals surface area contributed by atoms with Gasteiger partial charge in [-0.25, -0.2) is 4.98 Å². The molecule has 3 heterocycles. The van der Waals surface area contributed by atoms with Gasteiger partial charge in [-0.1, -0.05) is 6.07 Å². The van der Waals surface area contributed by atoms with E-state index in [-0.39, 0.29) is 5.75 Å². The van der Waals surface area contributed by atoms with Crippen LogP contribution in [-0.2, 0) is 17.7 Å². The summed E-state index contributed by atoms with van der Waals surface area (Å²) in [7, 11) is 0. The second-order valence-corrected chi connectivity index (χ2v) is 9.74. The van der Waals surface area contributed by atoms with E-state index in [4.69, 9.17) is 9.15 Å². The minimum atomic E-state index is -4.77. The number of aromatic nitrogens is 5. The molecule has 0 unspecified atom stereocenters. The molecule has 3 aromatic heterocycles. The lowest BCUT2D eigenvalue weighted by atomic mass is 10.0. The number of halogens is 3. The SMILES string of the molecule is N#Cc1[nH]ncc1-c1cc(NCCOCCCCNCc2cc(Cc3cocn3)cc(OC(F)(F)F)c2)c2cn[nH]c2c1. The van der Waals surface area contributed by atoms with Gasteiger partial charge in [0.05, 0.1) is 30.2 Å². The first-order valence-electron chi connectivity index (χ1n) is 13.6. The normalized spacial score (nSPS) is 11.6. The second kappa shape index (κ2) is 13.9. The van der Waals surface area contributed by atoms with Crippen LogP contribution in [0, 0.1) is 11.3 Å². The molecule has 0 fully saturated rings. The number of fused-ring (bicyclic) bond motifs is 1. The van der Waals surface area contributed by atoms with Gasteiger partial charge in [-0.2, -0.15) is 15.5 Å². The number of benzene rings is 2. The second-order valence-electron chi connectivity index (χ2n) is 9.74. The third-order valence-corrected chi connectivity index (χ3v) is 6.53. The van der Waals surface area contributed by atoms with Gasteiger partial charge in [-0.3, -0.25) is 10.2 Å². The number of ether oxygens (including phenoxy) is 2. The molecular formula is C29H29F3N8O3. The number of nitriles is 1. The minimum Gasteiger partial charge on any atom is -0.451 e. The zero-order valence-corrected chi connectivity index (χ0v) is 23.0. The number of hydrogen-bond acceptors (Lipinski definition) is 9. The molecule has 0 saturated carbocycles. The highest BCUT2D eigenvalue weighted by Crippen LogP contribution is 2.31. The number of nitrogens with one attached hydrogen (secondary N) is 4. The fourth-order valence-electron chi connectivity index (χ4n) is 4.65. The molecular weight excluding hydrogens is 565 g/mol. The van der Waals surface area contributed by atoms with Crippen LogP contribution in [0.1, 0.15) is 35.4 Å². The van der Waals surface area contributed by atoms with Crippen LogP contribution < -0.4 is 15.4 Å². The maximum absolute atomic E-state index is 12.8. The maximum atomic E-state index is 12.8. The van der Waals surface area contributed by atoms with Crippen LogP contribution in [0.4, 0.5) is 18.9 Å². The molecule has 0 atom stereocenters. The van der Waals surface area contributed by atoms with Crippen molar-refractivity contribution in [2.75, 3.05) is 31.6 Å². The molecule has 0 spiro atoms. The average Bonchev–Trinajstić information content (AvgIpc) is 3.75. The summed E-state index contributed by atoms with van der Waals surface area (Å²) < 4.78 is 53.3. The topological polar surface area (TPSA) is 150 Å². The molecule has 5 aromatic rings. The fraction of sp³-hybridized carbons (Fsp3) is 0.310. The van der Waals surface area contributed by atoms with Crippen LogP contribution in [-0.4, -0.2) is 58.0 Å². The van der Waals surface area contributed by atoms with E-state index in [2.05, 4.69) is 46.8 Å². The third kappa shape index (κ3) is 8.34. The van der Waals surface area contributed by atoms with Crippen LogP contribution in [0.2, 0.25) is 0 Å². The first-order chi connectivity index (χ1) is 20.9. The lowest BCUT2D eigenvalue weighted by molar-refractivity contribution is -0.274. The molecule has 43 heavy (non-hydrogen) atoms. The number of aromatic amines is 2. The van der Waals surface area contributed by atoms with Gasteiger partial charge in [-0.05, 0) is 60.3 Å². The summed E-state index contributed by atoms with van der Waals surface area (Å²) in [6, 6.07) is 10.6. The molecule has 0 amide bonds. The number of anilines is 1. The van der Waals surface area contributed by atoms with Crippen molar-refractivity contribution < 1.29 is 27.1 Å². The van der Waals surface area contributed by atoms with Gasteiger partial charge in [0.25, 0.3) is 0 Å². The number of alkyl halides is 3. The molecule has 4 N–H and O–H groups in total. The van der Waals surface area contributed by atoms with E-state index in [0.717, 1.165) is 35.0 Å². The highest BCUT2D eigenvalue weighted by atomic mass is 19.4. The van der Waals surface area contributed by atoms with E-state index in [1.165, 1.54) is 24.8 Å². The molecule has 11 nitrogen and oxygen atoms in total. The molecule has 0 bridgehead atoms. The number of hydrogen-bond donors (Lipinski definition) is 4. The van der Waals surface area contributed by atoms with Crippen LogP contribution >= 0.6 is 0 Å². The summed E-state index contributed by atoms with van der Waals surface area (Å²) in [6.45, 7) is 2.70.